The molecule has 0 heterocycles. The van der Waals surface area contributed by atoms with Crippen molar-refractivity contribution in [1.82, 2.24) is 4.90 Å². The molecular weight excluding hydrogens is 230 g/mol. The highest BCUT2D eigenvalue weighted by molar-refractivity contribution is 5.82. The summed E-state index contributed by atoms with van der Waals surface area (Å²) >= 11 is 0. The number of hydrogen-bond donors (Lipinski definition) is 1. The first kappa shape index (κ1) is 13.4. The molecule has 1 atom stereocenters. The Labute approximate surface area is 108 Å². The zero-order valence-corrected chi connectivity index (χ0v) is 11.1. The third kappa shape index (κ3) is 3.24. The zero-order valence-electron chi connectivity index (χ0n) is 11.1. The second kappa shape index (κ2) is 5.72. The number of hydrogen-bond acceptors (Lipinski definition) is 2. The van der Waals surface area contributed by atoms with E-state index in [9.17, 15) is 14.7 Å². The maximum absolute atomic E-state index is 11.7. The van der Waals surface area contributed by atoms with Gasteiger partial charge in [0.25, 0.3) is 0 Å². The number of carbonyl (C=O) groups excluding carboxylic acids is 1. The van der Waals surface area contributed by atoms with Crippen molar-refractivity contribution in [2.75, 3.05) is 0 Å². The lowest BCUT2D eigenvalue weighted by atomic mass is 9.84. The van der Waals surface area contributed by atoms with Crippen LogP contribution in [0.2, 0.25) is 0 Å². The van der Waals surface area contributed by atoms with E-state index in [0.29, 0.717) is 12.3 Å². The van der Waals surface area contributed by atoms with Gasteiger partial charge < -0.3 is 10.0 Å². The first-order valence-corrected chi connectivity index (χ1v) is 7.11. The van der Waals surface area contributed by atoms with E-state index in [1.54, 1.807) is 4.90 Å². The second-order valence-corrected chi connectivity index (χ2v) is 5.75. The van der Waals surface area contributed by atoms with Crippen LogP contribution in [0, 0.1) is 5.92 Å². The zero-order chi connectivity index (χ0) is 13.1. The summed E-state index contributed by atoms with van der Waals surface area (Å²) in [5.74, 6) is -0.427. The van der Waals surface area contributed by atoms with Gasteiger partial charge in [-0.1, -0.05) is 32.1 Å². The first-order valence-electron chi connectivity index (χ1n) is 7.11. The van der Waals surface area contributed by atoms with E-state index < -0.39 is 12.0 Å². The first-order chi connectivity index (χ1) is 8.59. The molecule has 102 valence electrons. The predicted octanol–water partition coefficient (Wildman–Crippen LogP) is 2.42. The Morgan fingerprint density at radius 3 is 2.22 bits per heavy atom. The van der Waals surface area contributed by atoms with Crippen molar-refractivity contribution in [2.45, 2.75) is 70.4 Å². The van der Waals surface area contributed by atoms with Gasteiger partial charge in [0.1, 0.15) is 6.04 Å². The number of nitrogens with zero attached hydrogens (tertiary/aromatic N) is 1. The van der Waals surface area contributed by atoms with Crippen LogP contribution in [0.5, 0.6) is 0 Å². The molecule has 18 heavy (non-hydrogen) atoms. The monoisotopic (exact) mass is 253 g/mol. The Hall–Kier alpha value is -1.06. The van der Waals surface area contributed by atoms with E-state index in [0.717, 1.165) is 25.7 Å². The van der Waals surface area contributed by atoms with Crippen molar-refractivity contribution < 1.29 is 14.7 Å². The van der Waals surface area contributed by atoms with Crippen molar-refractivity contribution in [3.05, 3.63) is 0 Å². The van der Waals surface area contributed by atoms with Crippen LogP contribution in [-0.4, -0.2) is 34.0 Å². The molecule has 2 fully saturated rings. The van der Waals surface area contributed by atoms with Crippen LogP contribution in [0.15, 0.2) is 0 Å². The minimum Gasteiger partial charge on any atom is -0.480 e. The average Bonchev–Trinajstić information content (AvgIpc) is 3.13. The number of carboxylic acid groups (broad SMARTS) is 1. The molecule has 0 saturated heterocycles. The topological polar surface area (TPSA) is 57.6 Å². The summed E-state index contributed by atoms with van der Waals surface area (Å²) in [6, 6.07) is -0.412. The Balaban J connectivity index is 2.01. The van der Waals surface area contributed by atoms with Gasteiger partial charge in [-0.3, -0.25) is 4.79 Å². The summed E-state index contributed by atoms with van der Waals surface area (Å²) in [4.78, 5) is 24.8. The maximum Gasteiger partial charge on any atom is 0.326 e. The van der Waals surface area contributed by atoms with Gasteiger partial charge in [0.2, 0.25) is 5.91 Å². The van der Waals surface area contributed by atoms with Gasteiger partial charge in [0, 0.05) is 13.0 Å². The van der Waals surface area contributed by atoms with Gasteiger partial charge in [-0.2, -0.15) is 0 Å². The van der Waals surface area contributed by atoms with Crippen molar-refractivity contribution in [1.29, 1.82) is 0 Å². The molecule has 0 bridgehead atoms. The van der Waals surface area contributed by atoms with Crippen molar-refractivity contribution >= 4 is 11.9 Å². The fraction of sp³-hybridized carbons (Fsp3) is 0.857. The number of carbonyl (C=O) groups is 2. The Kier molecular flexibility index (Phi) is 4.25. The van der Waals surface area contributed by atoms with Crippen LogP contribution in [-0.2, 0) is 9.59 Å². The quantitative estimate of drug-likeness (QED) is 0.818. The average molecular weight is 253 g/mol. The fourth-order valence-electron chi connectivity index (χ4n) is 3.16. The molecule has 2 aliphatic rings. The van der Waals surface area contributed by atoms with E-state index in [-0.39, 0.29) is 11.9 Å². The third-order valence-corrected chi connectivity index (χ3v) is 4.21. The molecule has 0 spiro atoms. The van der Waals surface area contributed by atoms with Crippen molar-refractivity contribution in [3.63, 3.8) is 0 Å². The number of carboxylic acids is 1. The highest BCUT2D eigenvalue weighted by Crippen LogP contribution is 2.33. The molecule has 1 amide bonds. The number of aliphatic carboxylic acids is 1. The lowest BCUT2D eigenvalue weighted by Gasteiger charge is -2.32. The fourth-order valence-corrected chi connectivity index (χ4v) is 3.16. The number of rotatable bonds is 5. The molecule has 2 aliphatic carbocycles. The molecular formula is C14H23NO3. The third-order valence-electron chi connectivity index (χ3n) is 4.21. The summed E-state index contributed by atoms with van der Waals surface area (Å²) in [5.41, 5.74) is 0. The largest absolute Gasteiger partial charge is 0.480 e. The van der Waals surface area contributed by atoms with E-state index in [1.807, 2.05) is 0 Å². The van der Waals surface area contributed by atoms with Gasteiger partial charge >= 0.3 is 5.97 Å². The van der Waals surface area contributed by atoms with E-state index >= 15 is 0 Å². The van der Waals surface area contributed by atoms with Crippen LogP contribution in [0.3, 0.4) is 0 Å². The molecule has 2 saturated carbocycles. The summed E-state index contributed by atoms with van der Waals surface area (Å²) in [5, 5.41) is 9.41. The van der Waals surface area contributed by atoms with Crippen molar-refractivity contribution in [2.24, 2.45) is 5.92 Å². The van der Waals surface area contributed by atoms with Gasteiger partial charge in [-0.05, 0) is 25.2 Å². The molecule has 2 rings (SSSR count). The molecule has 0 aromatic rings. The lowest BCUT2D eigenvalue weighted by Crippen LogP contribution is -2.46. The van der Waals surface area contributed by atoms with Gasteiger partial charge in [-0.15, -0.1) is 0 Å². The Morgan fingerprint density at radius 2 is 1.78 bits per heavy atom. The van der Waals surface area contributed by atoms with E-state index in [4.69, 9.17) is 0 Å². The molecule has 0 radical (unpaired) electrons. The van der Waals surface area contributed by atoms with Gasteiger partial charge in [0.15, 0.2) is 0 Å². The lowest BCUT2D eigenvalue weighted by molar-refractivity contribution is -0.151. The molecule has 1 unspecified atom stereocenters. The van der Waals surface area contributed by atoms with Crippen LogP contribution >= 0.6 is 0 Å². The molecule has 0 aromatic heterocycles. The Bertz CT molecular complexity index is 319. The van der Waals surface area contributed by atoms with Gasteiger partial charge in [0.05, 0.1) is 0 Å². The maximum atomic E-state index is 11.7. The highest BCUT2D eigenvalue weighted by atomic mass is 16.4. The summed E-state index contributed by atoms with van der Waals surface area (Å²) in [6.45, 7) is 1.50. The summed E-state index contributed by atoms with van der Waals surface area (Å²) < 4.78 is 0. The predicted molar refractivity (Wildman–Crippen MR) is 68.2 cm³/mol. The minimum atomic E-state index is -0.831. The second-order valence-electron chi connectivity index (χ2n) is 5.75. The molecule has 4 heteroatoms. The van der Waals surface area contributed by atoms with Crippen LogP contribution in [0.25, 0.3) is 0 Å². The normalized spacial score (nSPS) is 22.5. The van der Waals surface area contributed by atoms with Crippen LogP contribution < -0.4 is 0 Å². The molecule has 0 aliphatic heterocycles. The van der Waals surface area contributed by atoms with Crippen LogP contribution in [0.1, 0.15) is 58.3 Å². The molecule has 0 aromatic carbocycles. The summed E-state index contributed by atoms with van der Waals surface area (Å²) in [6.07, 6.45) is 8.52. The molecule has 4 nitrogen and oxygen atoms in total. The number of amides is 1. The molecule has 1 N–H and O–H groups in total. The smallest absolute Gasteiger partial charge is 0.326 e. The summed E-state index contributed by atoms with van der Waals surface area (Å²) in [7, 11) is 0. The SMILES string of the molecule is CC(=O)N(C1CC1)C(CC1CCCCC1)C(=O)O. The van der Waals surface area contributed by atoms with Crippen LogP contribution in [0.4, 0.5) is 0 Å². The van der Waals surface area contributed by atoms with Gasteiger partial charge in [-0.25, -0.2) is 4.79 Å². The standard InChI is InChI=1S/C14H23NO3/c1-10(16)15(12-7-8-12)13(14(17)18)9-11-5-3-2-4-6-11/h11-13H,2-9H2,1H3,(H,17,18). The van der Waals surface area contributed by atoms with E-state index in [1.165, 1.54) is 26.2 Å². The minimum absolute atomic E-state index is 0.0827. The Morgan fingerprint density at radius 1 is 1.17 bits per heavy atom. The van der Waals surface area contributed by atoms with E-state index in [2.05, 4.69) is 0 Å². The van der Waals surface area contributed by atoms with Crippen molar-refractivity contribution in [3.8, 4) is 0 Å². The highest BCUT2D eigenvalue weighted by Gasteiger charge is 2.40.